The summed E-state index contributed by atoms with van der Waals surface area (Å²) >= 11 is 5.99. The van der Waals surface area contributed by atoms with Crippen molar-refractivity contribution in [3.8, 4) is 17.6 Å². The average Bonchev–Trinajstić information content (AvgIpc) is 2.95. The molecule has 0 saturated carbocycles. The molecule has 1 aromatic heterocycles. The van der Waals surface area contributed by atoms with Gasteiger partial charge in [-0.25, -0.2) is 13.2 Å². The topological polar surface area (TPSA) is 218 Å². The fraction of sp³-hybridized carbons (Fsp3) is 0.192. The highest BCUT2D eigenvalue weighted by molar-refractivity contribution is 7.92. The molecule has 3 rings (SSSR count). The highest BCUT2D eigenvalue weighted by atomic mass is 35.5. The molecule has 14 nitrogen and oxygen atoms in total. The van der Waals surface area contributed by atoms with Crippen LogP contribution in [0.5, 0.6) is 11.5 Å². The number of nitrogens with two attached hydrogens (primary N) is 1. The van der Waals surface area contributed by atoms with Gasteiger partial charge in [-0.1, -0.05) is 17.7 Å². The number of anilines is 1. The fourth-order valence-corrected chi connectivity index (χ4v) is 4.82. The molecular weight excluding hydrogens is 647 g/mol. The van der Waals surface area contributed by atoms with Crippen molar-refractivity contribution in [2.75, 3.05) is 11.3 Å². The fourth-order valence-electron chi connectivity index (χ4n) is 3.56. The van der Waals surface area contributed by atoms with Crippen molar-refractivity contribution in [3.63, 3.8) is 0 Å². The number of sulfonamides is 1. The van der Waals surface area contributed by atoms with Gasteiger partial charge in [0.15, 0.2) is 12.2 Å². The number of benzene rings is 2. The molecule has 0 fully saturated rings. The van der Waals surface area contributed by atoms with Gasteiger partial charge in [-0.2, -0.15) is 18.4 Å². The number of aromatic nitrogens is 1. The van der Waals surface area contributed by atoms with Gasteiger partial charge in [-0.3, -0.25) is 19.7 Å². The summed E-state index contributed by atoms with van der Waals surface area (Å²) in [5.74, 6) is -4.05. The zero-order valence-electron chi connectivity index (χ0n) is 22.9. The normalized spacial score (nSPS) is 11.9. The number of amides is 1. The Kier molecular flexibility index (Phi) is 10.6. The summed E-state index contributed by atoms with van der Waals surface area (Å²) in [5, 5.41) is 20.7. The summed E-state index contributed by atoms with van der Waals surface area (Å²) in [6, 6.07) is 14.0. The van der Waals surface area contributed by atoms with Gasteiger partial charge in [-0.05, 0) is 55.5 Å². The van der Waals surface area contributed by atoms with E-state index >= 15 is 0 Å². The summed E-state index contributed by atoms with van der Waals surface area (Å²) in [5.41, 5.74) is 4.02. The zero-order valence-corrected chi connectivity index (χ0v) is 24.5. The minimum Gasteiger partial charge on any atom is -0.456 e. The number of hydrogen-bond donors (Lipinski definition) is 5. The molecule has 3 aromatic rings. The van der Waals surface area contributed by atoms with Crippen LogP contribution in [0.4, 0.5) is 18.9 Å². The number of nitriles is 1. The lowest BCUT2D eigenvalue weighted by Gasteiger charge is -2.20. The summed E-state index contributed by atoms with van der Waals surface area (Å²) in [7, 11) is -4.33. The number of halogens is 4. The smallest absolute Gasteiger partial charge is 0.456 e. The first-order valence-corrected chi connectivity index (χ1v) is 14.2. The van der Waals surface area contributed by atoms with Gasteiger partial charge in [0.25, 0.3) is 15.6 Å². The Hall–Kier alpha value is -5.28. The Labute approximate surface area is 258 Å². The van der Waals surface area contributed by atoms with Gasteiger partial charge in [0.2, 0.25) is 5.91 Å². The van der Waals surface area contributed by atoms with Crippen LogP contribution >= 0.6 is 11.6 Å². The molecule has 0 saturated heterocycles. The van der Waals surface area contributed by atoms with Crippen LogP contribution in [-0.2, 0) is 30.9 Å². The van der Waals surface area contributed by atoms with E-state index in [4.69, 9.17) is 27.5 Å². The molecule has 238 valence electrons. The standard InChI is InChI=1S/C26H23ClF3N7O7S/c1-14-5-10-19(23(39)37(14)13-21(38)34-12-22(35-25(32)33)44-24(40)26(28,29)30)36-45(41,42)16-8-6-15(7-9-16)43-20-4-2-3-18(27)17(20)11-31/h2-10,22,36H,12-13H2,1H3,(H,34,38)(H4,32,33,35). The maximum Gasteiger partial charge on any atom is 0.491 e. The van der Waals surface area contributed by atoms with Crippen LogP contribution in [-0.4, -0.2) is 49.8 Å². The van der Waals surface area contributed by atoms with Gasteiger partial charge >= 0.3 is 12.1 Å². The number of aryl methyl sites for hydroxylation is 1. The molecule has 45 heavy (non-hydrogen) atoms. The van der Waals surface area contributed by atoms with Crippen molar-refractivity contribution in [3.05, 3.63) is 81.2 Å². The van der Waals surface area contributed by atoms with Gasteiger partial charge < -0.3 is 30.4 Å². The zero-order chi connectivity index (χ0) is 33.5. The molecular formula is C26H23ClF3N7O7S. The number of nitrogens with zero attached hydrogens (tertiary/aromatic N) is 2. The maximum atomic E-state index is 13.1. The predicted molar refractivity (Wildman–Crippen MR) is 153 cm³/mol. The molecule has 0 aliphatic carbocycles. The number of nitrogens with one attached hydrogen (secondary N) is 4. The van der Waals surface area contributed by atoms with E-state index in [-0.39, 0.29) is 32.7 Å². The Bertz CT molecular complexity index is 1830. The van der Waals surface area contributed by atoms with Crippen molar-refractivity contribution in [1.82, 2.24) is 15.2 Å². The van der Waals surface area contributed by atoms with Crippen LogP contribution in [0.2, 0.25) is 5.02 Å². The van der Waals surface area contributed by atoms with Crippen LogP contribution in [0.25, 0.3) is 0 Å². The van der Waals surface area contributed by atoms with Crippen molar-refractivity contribution in [2.24, 2.45) is 5.73 Å². The van der Waals surface area contributed by atoms with E-state index in [0.717, 1.165) is 4.57 Å². The van der Waals surface area contributed by atoms with Crippen LogP contribution in [0.1, 0.15) is 11.3 Å². The molecule has 2 aromatic carbocycles. The van der Waals surface area contributed by atoms with Crippen LogP contribution in [0, 0.1) is 23.7 Å². The monoisotopic (exact) mass is 669 g/mol. The molecule has 0 radical (unpaired) electrons. The summed E-state index contributed by atoms with van der Waals surface area (Å²) in [6.45, 7) is -0.0375. The average molecular weight is 670 g/mol. The number of carbonyl (C=O) groups is 2. The van der Waals surface area contributed by atoms with Gasteiger partial charge in [0.1, 0.15) is 35.4 Å². The lowest BCUT2D eigenvalue weighted by Crippen LogP contribution is -2.50. The van der Waals surface area contributed by atoms with E-state index in [2.05, 4.69) is 14.8 Å². The largest absolute Gasteiger partial charge is 0.491 e. The molecule has 1 amide bonds. The quantitative estimate of drug-likeness (QED) is 0.0868. The molecule has 6 N–H and O–H groups in total. The number of hydrogen-bond acceptors (Lipinski definition) is 9. The number of pyridine rings is 1. The van der Waals surface area contributed by atoms with Crippen molar-refractivity contribution in [2.45, 2.75) is 30.8 Å². The van der Waals surface area contributed by atoms with Gasteiger partial charge in [0, 0.05) is 5.69 Å². The lowest BCUT2D eigenvalue weighted by molar-refractivity contribution is -0.205. The second-order valence-electron chi connectivity index (χ2n) is 8.94. The second kappa shape index (κ2) is 14.0. The number of rotatable bonds is 11. The van der Waals surface area contributed by atoms with E-state index in [1.807, 2.05) is 11.4 Å². The third-order valence-electron chi connectivity index (χ3n) is 5.67. The first-order chi connectivity index (χ1) is 21.0. The summed E-state index contributed by atoms with van der Waals surface area (Å²) < 4.78 is 76.5. The molecule has 1 atom stereocenters. The van der Waals surface area contributed by atoms with Crippen LogP contribution in [0.3, 0.4) is 0 Å². The third-order valence-corrected chi connectivity index (χ3v) is 7.37. The lowest BCUT2D eigenvalue weighted by atomic mass is 10.2. The number of guanidine groups is 1. The van der Waals surface area contributed by atoms with E-state index in [9.17, 15) is 41.2 Å². The van der Waals surface area contributed by atoms with Crippen LogP contribution < -0.4 is 31.4 Å². The van der Waals surface area contributed by atoms with E-state index in [0.29, 0.717) is 0 Å². The molecule has 0 spiro atoms. The predicted octanol–water partition coefficient (Wildman–Crippen LogP) is 2.31. The number of esters is 1. The SMILES string of the molecule is Cc1ccc(NS(=O)(=O)c2ccc(Oc3cccc(Cl)c3C#N)cc2)c(=O)n1CC(=O)NCC(NC(=N)N)OC(=O)C(F)(F)F. The van der Waals surface area contributed by atoms with E-state index in [1.165, 1.54) is 55.5 Å². The molecule has 0 aliphatic rings. The minimum atomic E-state index is -5.35. The van der Waals surface area contributed by atoms with E-state index < -0.39 is 64.6 Å². The first-order valence-electron chi connectivity index (χ1n) is 12.4. The van der Waals surface area contributed by atoms with Crippen molar-refractivity contribution >= 4 is 45.1 Å². The second-order valence-corrected chi connectivity index (χ2v) is 11.0. The van der Waals surface area contributed by atoms with Crippen molar-refractivity contribution < 1.29 is 40.7 Å². The Morgan fingerprint density at radius 2 is 1.82 bits per heavy atom. The number of carbonyl (C=O) groups excluding carboxylic acids is 2. The summed E-state index contributed by atoms with van der Waals surface area (Å²) in [4.78, 5) is 36.4. The summed E-state index contributed by atoms with van der Waals surface area (Å²) in [6.07, 6.45) is -7.22. The van der Waals surface area contributed by atoms with Gasteiger partial charge in [0.05, 0.1) is 16.5 Å². The number of alkyl halides is 3. The first kappa shape index (κ1) is 34.2. The number of ether oxygens (including phenoxy) is 2. The highest BCUT2D eigenvalue weighted by Crippen LogP contribution is 2.30. The Morgan fingerprint density at radius 1 is 1.16 bits per heavy atom. The molecule has 1 heterocycles. The van der Waals surface area contributed by atoms with E-state index in [1.54, 1.807) is 6.07 Å². The molecule has 0 aliphatic heterocycles. The van der Waals surface area contributed by atoms with Crippen LogP contribution in [0.15, 0.2) is 64.3 Å². The minimum absolute atomic E-state index is 0.0827. The third kappa shape index (κ3) is 9.11. The maximum absolute atomic E-state index is 13.1. The highest BCUT2D eigenvalue weighted by Gasteiger charge is 2.42. The Balaban J connectivity index is 1.72. The Morgan fingerprint density at radius 3 is 2.42 bits per heavy atom. The molecule has 19 heteroatoms. The van der Waals surface area contributed by atoms with Gasteiger partial charge in [-0.15, -0.1) is 0 Å². The molecule has 0 bridgehead atoms. The van der Waals surface area contributed by atoms with Crippen molar-refractivity contribution in [1.29, 1.82) is 10.7 Å². The molecule has 1 unspecified atom stereocenters.